The molecule has 53 heavy (non-hydrogen) atoms. The molecule has 0 fully saturated rings. The second kappa shape index (κ2) is 20.0. The van der Waals surface area contributed by atoms with E-state index in [0.717, 1.165) is 11.1 Å². The number of hydrogen-bond acceptors (Lipinski definition) is 10. The zero-order valence-corrected chi connectivity index (χ0v) is 30.7. The molecule has 0 aliphatic heterocycles. The Hall–Kier alpha value is -6.23. The zero-order chi connectivity index (χ0) is 39.1. The van der Waals surface area contributed by atoms with Crippen molar-refractivity contribution in [3.05, 3.63) is 121 Å². The molecule has 0 saturated carbocycles. The summed E-state index contributed by atoms with van der Waals surface area (Å²) >= 11 is 0. The molecular formula is C42H45NO10. The largest absolute Gasteiger partial charge is 0.493 e. The first-order chi connectivity index (χ1) is 25.2. The van der Waals surface area contributed by atoms with Crippen molar-refractivity contribution < 1.29 is 47.7 Å². The van der Waals surface area contributed by atoms with Gasteiger partial charge in [0, 0.05) is 34.3 Å². The molecule has 278 valence electrons. The number of esters is 4. The average molecular weight is 724 g/mol. The van der Waals surface area contributed by atoms with Crippen LogP contribution in [0, 0.1) is 0 Å². The molecule has 0 unspecified atom stereocenters. The van der Waals surface area contributed by atoms with E-state index >= 15 is 0 Å². The predicted molar refractivity (Wildman–Crippen MR) is 201 cm³/mol. The summed E-state index contributed by atoms with van der Waals surface area (Å²) < 4.78 is 26.8. The van der Waals surface area contributed by atoms with Crippen molar-refractivity contribution in [1.82, 2.24) is 4.90 Å². The molecule has 1 amide bonds. The molecule has 0 aliphatic carbocycles. The number of hydrogen-bond donors (Lipinski definition) is 0. The van der Waals surface area contributed by atoms with Crippen LogP contribution in [0.15, 0.2) is 115 Å². The Kier molecular flexibility index (Phi) is 15.5. The molecule has 0 saturated heterocycles. The van der Waals surface area contributed by atoms with Gasteiger partial charge in [-0.1, -0.05) is 50.6 Å². The van der Waals surface area contributed by atoms with Crippen LogP contribution in [0.25, 0.3) is 22.3 Å². The van der Waals surface area contributed by atoms with Gasteiger partial charge in [0.1, 0.15) is 24.7 Å². The van der Waals surface area contributed by atoms with Gasteiger partial charge in [-0.25, -0.2) is 19.2 Å². The minimum Gasteiger partial charge on any atom is -0.493 e. The SMILES string of the molecule is C=C(C)C(=O)OCCCOc1ccc(-c2cc(C(=O)N(CCOC(=O)C(=C)C)CCOC(=O)C(=C)C)cc(-c3ccc(OC(=O)C(=C)C)cc3)c2)cc1. The van der Waals surface area contributed by atoms with Gasteiger partial charge in [0.15, 0.2) is 0 Å². The van der Waals surface area contributed by atoms with Gasteiger partial charge in [-0.2, -0.15) is 0 Å². The summed E-state index contributed by atoms with van der Waals surface area (Å²) in [6.07, 6.45) is 0.495. The van der Waals surface area contributed by atoms with Crippen LogP contribution in [0.4, 0.5) is 0 Å². The van der Waals surface area contributed by atoms with E-state index in [-0.39, 0.29) is 49.6 Å². The second-order valence-corrected chi connectivity index (χ2v) is 12.3. The van der Waals surface area contributed by atoms with E-state index in [9.17, 15) is 24.0 Å². The normalized spacial score (nSPS) is 10.3. The lowest BCUT2D eigenvalue weighted by Gasteiger charge is -2.23. The van der Waals surface area contributed by atoms with Gasteiger partial charge < -0.3 is 28.6 Å². The lowest BCUT2D eigenvalue weighted by atomic mass is 9.95. The summed E-state index contributed by atoms with van der Waals surface area (Å²) in [6, 6.07) is 19.5. The molecule has 3 rings (SSSR count). The number of carbonyl (C=O) groups is 5. The van der Waals surface area contributed by atoms with Crippen molar-refractivity contribution >= 4 is 29.8 Å². The third kappa shape index (κ3) is 13.1. The number of carbonyl (C=O) groups excluding carboxylic acids is 5. The maximum absolute atomic E-state index is 14.2. The number of nitrogens with zero attached hydrogens (tertiary/aromatic N) is 1. The van der Waals surface area contributed by atoms with Gasteiger partial charge >= 0.3 is 23.9 Å². The maximum Gasteiger partial charge on any atom is 0.338 e. The van der Waals surface area contributed by atoms with Crippen molar-refractivity contribution in [3.8, 4) is 33.8 Å². The van der Waals surface area contributed by atoms with Crippen LogP contribution >= 0.6 is 0 Å². The molecule has 0 bridgehead atoms. The van der Waals surface area contributed by atoms with Crippen molar-refractivity contribution in [2.24, 2.45) is 0 Å². The first kappa shape index (κ1) is 41.2. The van der Waals surface area contributed by atoms with Gasteiger partial charge in [-0.05, 0) is 92.4 Å². The van der Waals surface area contributed by atoms with E-state index in [2.05, 4.69) is 26.3 Å². The molecule has 0 atom stereocenters. The third-order valence-electron chi connectivity index (χ3n) is 7.43. The summed E-state index contributed by atoms with van der Waals surface area (Å²) in [4.78, 5) is 63.3. The standard InChI is InChI=1S/C42H45NO10/c1-27(2)39(45)50-21-9-20-49-36-14-10-31(11-15-36)33-24-34(32-12-16-37(17-13-32)53-42(48)30(7)8)26-35(25-33)38(44)43(18-22-51-40(46)28(3)4)19-23-52-41(47)29(5)6/h10-17,24-26H,1,3,5,7,9,18-23H2,2,4,6,8H3. The molecule has 3 aromatic carbocycles. The molecule has 0 aromatic heterocycles. The van der Waals surface area contributed by atoms with Gasteiger partial charge in [0.25, 0.3) is 5.91 Å². The first-order valence-corrected chi connectivity index (χ1v) is 16.8. The Morgan fingerprint density at radius 3 is 1.36 bits per heavy atom. The molecule has 3 aromatic rings. The van der Waals surface area contributed by atoms with Gasteiger partial charge in [0.05, 0.1) is 26.3 Å². The molecule has 0 heterocycles. The van der Waals surface area contributed by atoms with Gasteiger partial charge in [0.2, 0.25) is 0 Å². The zero-order valence-electron chi connectivity index (χ0n) is 30.7. The Labute approximate surface area is 310 Å². The van der Waals surface area contributed by atoms with E-state index in [4.69, 9.17) is 23.7 Å². The Bertz CT molecular complexity index is 1840. The monoisotopic (exact) mass is 723 g/mol. The highest BCUT2D eigenvalue weighted by Crippen LogP contribution is 2.31. The second-order valence-electron chi connectivity index (χ2n) is 12.3. The molecule has 0 aliphatic rings. The van der Waals surface area contributed by atoms with Crippen molar-refractivity contribution in [3.63, 3.8) is 0 Å². The van der Waals surface area contributed by atoms with Crippen LogP contribution in [-0.4, -0.2) is 74.2 Å². The van der Waals surface area contributed by atoms with Crippen LogP contribution in [-0.2, 0) is 33.4 Å². The Balaban J connectivity index is 1.94. The number of benzene rings is 3. The summed E-state index contributed by atoms with van der Waals surface area (Å²) in [7, 11) is 0. The highest BCUT2D eigenvalue weighted by atomic mass is 16.5. The molecule has 0 N–H and O–H groups in total. The highest BCUT2D eigenvalue weighted by molar-refractivity contribution is 5.97. The van der Waals surface area contributed by atoms with E-state index in [1.807, 2.05) is 18.2 Å². The van der Waals surface area contributed by atoms with Crippen LogP contribution in [0.5, 0.6) is 11.5 Å². The highest BCUT2D eigenvalue weighted by Gasteiger charge is 2.20. The average Bonchev–Trinajstić information content (AvgIpc) is 3.13. The van der Waals surface area contributed by atoms with E-state index in [1.165, 1.54) is 18.7 Å². The van der Waals surface area contributed by atoms with Crippen molar-refractivity contribution in [2.75, 3.05) is 39.5 Å². The van der Waals surface area contributed by atoms with E-state index in [0.29, 0.717) is 46.8 Å². The first-order valence-electron chi connectivity index (χ1n) is 16.8. The predicted octanol–water partition coefficient (Wildman–Crippen LogP) is 7.07. The van der Waals surface area contributed by atoms with Crippen molar-refractivity contribution in [1.29, 1.82) is 0 Å². The fourth-order valence-corrected chi connectivity index (χ4v) is 4.52. The van der Waals surface area contributed by atoms with Crippen LogP contribution in [0.3, 0.4) is 0 Å². The summed E-state index contributed by atoms with van der Waals surface area (Å²) in [5.74, 6) is -1.64. The quantitative estimate of drug-likeness (QED) is 0.0416. The Morgan fingerprint density at radius 1 is 0.509 bits per heavy atom. The lowest BCUT2D eigenvalue weighted by molar-refractivity contribution is -0.140. The number of ether oxygens (including phenoxy) is 5. The van der Waals surface area contributed by atoms with Gasteiger partial charge in [-0.3, -0.25) is 4.79 Å². The van der Waals surface area contributed by atoms with Crippen molar-refractivity contribution in [2.45, 2.75) is 34.1 Å². The minimum atomic E-state index is -0.591. The van der Waals surface area contributed by atoms with Crippen LogP contribution < -0.4 is 9.47 Å². The van der Waals surface area contributed by atoms with Gasteiger partial charge in [-0.15, -0.1) is 0 Å². The maximum atomic E-state index is 14.2. The topological polar surface area (TPSA) is 135 Å². The Morgan fingerprint density at radius 2 is 0.925 bits per heavy atom. The lowest BCUT2D eigenvalue weighted by Crippen LogP contribution is -2.37. The molecule has 11 heteroatoms. The van der Waals surface area contributed by atoms with Crippen LogP contribution in [0.1, 0.15) is 44.5 Å². The molecule has 0 radical (unpaired) electrons. The summed E-state index contributed by atoms with van der Waals surface area (Å²) in [6.45, 7) is 20.9. The molecule has 0 spiro atoms. The minimum absolute atomic E-state index is 0.0171. The molecular weight excluding hydrogens is 678 g/mol. The van der Waals surface area contributed by atoms with E-state index < -0.39 is 29.8 Å². The van der Waals surface area contributed by atoms with Crippen LogP contribution in [0.2, 0.25) is 0 Å². The smallest absolute Gasteiger partial charge is 0.338 e. The summed E-state index contributed by atoms with van der Waals surface area (Å²) in [5, 5.41) is 0. The summed E-state index contributed by atoms with van der Waals surface area (Å²) in [5.41, 5.74) is 4.27. The number of amides is 1. The fraction of sp³-hybridized carbons (Fsp3) is 0.262. The number of rotatable bonds is 19. The van der Waals surface area contributed by atoms with E-state index in [1.54, 1.807) is 62.4 Å². The molecule has 11 nitrogen and oxygen atoms in total. The fourth-order valence-electron chi connectivity index (χ4n) is 4.52. The third-order valence-corrected chi connectivity index (χ3v) is 7.43.